The van der Waals surface area contributed by atoms with E-state index < -0.39 is 0 Å². The van der Waals surface area contributed by atoms with E-state index in [9.17, 15) is 4.79 Å². The molecule has 0 aromatic carbocycles. The smallest absolute Gasteiger partial charge is 0.317 e. The molecular weight excluding hydrogens is 200 g/mol. The fourth-order valence-corrected chi connectivity index (χ4v) is 2.43. The summed E-state index contributed by atoms with van der Waals surface area (Å²) >= 11 is 0. The van der Waals surface area contributed by atoms with Crippen molar-refractivity contribution in [3.63, 3.8) is 0 Å². The van der Waals surface area contributed by atoms with E-state index >= 15 is 0 Å². The standard InChI is InChI=1S/C14H24O2/c1-10(9-14(3,4)5)6-7-12-8-11(2)16-13(12)15/h8,10,12H,6-7,9H2,1-5H3. The normalized spacial score (nSPS) is 22.9. The highest BCUT2D eigenvalue weighted by atomic mass is 16.5. The molecule has 0 aromatic rings. The van der Waals surface area contributed by atoms with Crippen molar-refractivity contribution < 1.29 is 9.53 Å². The van der Waals surface area contributed by atoms with Crippen LogP contribution in [0.4, 0.5) is 0 Å². The Morgan fingerprint density at radius 1 is 1.44 bits per heavy atom. The molecule has 2 nitrogen and oxygen atoms in total. The predicted molar refractivity (Wildman–Crippen MR) is 65.8 cm³/mol. The van der Waals surface area contributed by atoms with E-state index in [1.54, 1.807) is 0 Å². The largest absolute Gasteiger partial charge is 0.431 e. The van der Waals surface area contributed by atoms with Gasteiger partial charge in [-0.3, -0.25) is 4.79 Å². The van der Waals surface area contributed by atoms with Gasteiger partial charge in [0, 0.05) is 0 Å². The summed E-state index contributed by atoms with van der Waals surface area (Å²) in [6.07, 6.45) is 5.18. The van der Waals surface area contributed by atoms with Crippen molar-refractivity contribution in [2.75, 3.05) is 0 Å². The first-order valence-electron chi connectivity index (χ1n) is 6.18. The second-order valence-corrected chi connectivity index (χ2v) is 6.25. The summed E-state index contributed by atoms with van der Waals surface area (Å²) < 4.78 is 5.03. The highest BCUT2D eigenvalue weighted by molar-refractivity contribution is 5.78. The van der Waals surface area contributed by atoms with E-state index in [-0.39, 0.29) is 11.9 Å². The molecule has 0 fully saturated rings. The van der Waals surface area contributed by atoms with Gasteiger partial charge in [-0.1, -0.05) is 27.7 Å². The van der Waals surface area contributed by atoms with Crippen molar-refractivity contribution in [2.45, 2.75) is 53.9 Å². The Labute approximate surface area is 99.1 Å². The van der Waals surface area contributed by atoms with Crippen molar-refractivity contribution in [1.29, 1.82) is 0 Å². The van der Waals surface area contributed by atoms with Crippen LogP contribution >= 0.6 is 0 Å². The molecule has 0 saturated carbocycles. The Balaban J connectivity index is 2.32. The van der Waals surface area contributed by atoms with Crippen molar-refractivity contribution >= 4 is 5.97 Å². The fraction of sp³-hybridized carbons (Fsp3) is 0.786. The molecule has 1 rings (SSSR count). The molecule has 0 aliphatic carbocycles. The maximum Gasteiger partial charge on any atom is 0.317 e. The molecule has 2 unspecified atom stereocenters. The van der Waals surface area contributed by atoms with E-state index in [1.807, 2.05) is 13.0 Å². The van der Waals surface area contributed by atoms with E-state index in [0.717, 1.165) is 18.6 Å². The van der Waals surface area contributed by atoms with Crippen LogP contribution in [0, 0.1) is 17.3 Å². The summed E-state index contributed by atoms with van der Waals surface area (Å²) in [4.78, 5) is 11.4. The summed E-state index contributed by atoms with van der Waals surface area (Å²) in [5.41, 5.74) is 0.376. The molecule has 0 radical (unpaired) electrons. The first kappa shape index (κ1) is 13.3. The lowest BCUT2D eigenvalue weighted by atomic mass is 9.82. The highest BCUT2D eigenvalue weighted by Crippen LogP contribution is 2.29. The molecule has 1 aliphatic rings. The molecule has 2 atom stereocenters. The number of hydrogen-bond donors (Lipinski definition) is 0. The maximum absolute atomic E-state index is 11.4. The number of rotatable bonds is 4. The minimum atomic E-state index is -0.0690. The van der Waals surface area contributed by atoms with Gasteiger partial charge in [0.05, 0.1) is 5.92 Å². The van der Waals surface area contributed by atoms with Gasteiger partial charge in [0.25, 0.3) is 0 Å². The van der Waals surface area contributed by atoms with Crippen molar-refractivity contribution in [1.82, 2.24) is 0 Å². The van der Waals surface area contributed by atoms with Gasteiger partial charge in [-0.2, -0.15) is 0 Å². The van der Waals surface area contributed by atoms with E-state index in [2.05, 4.69) is 27.7 Å². The summed E-state index contributed by atoms with van der Waals surface area (Å²) in [7, 11) is 0. The number of ether oxygens (including phenoxy) is 1. The van der Waals surface area contributed by atoms with E-state index in [1.165, 1.54) is 6.42 Å². The highest BCUT2D eigenvalue weighted by Gasteiger charge is 2.25. The van der Waals surface area contributed by atoms with E-state index in [0.29, 0.717) is 11.3 Å². The van der Waals surface area contributed by atoms with Gasteiger partial charge in [-0.25, -0.2) is 0 Å². The zero-order valence-corrected chi connectivity index (χ0v) is 11.2. The van der Waals surface area contributed by atoms with Crippen LogP contribution in [0.5, 0.6) is 0 Å². The van der Waals surface area contributed by atoms with Gasteiger partial charge in [0.1, 0.15) is 5.76 Å². The van der Waals surface area contributed by atoms with E-state index in [4.69, 9.17) is 4.74 Å². The Kier molecular flexibility index (Phi) is 4.17. The number of esters is 1. The first-order valence-corrected chi connectivity index (χ1v) is 6.18. The lowest BCUT2D eigenvalue weighted by Gasteiger charge is -2.23. The van der Waals surface area contributed by atoms with Gasteiger partial charge in [0.2, 0.25) is 0 Å². The van der Waals surface area contributed by atoms with Crippen molar-refractivity contribution in [2.24, 2.45) is 17.3 Å². The lowest BCUT2D eigenvalue weighted by Crippen LogP contribution is -2.14. The Bertz CT molecular complexity index is 284. The Hall–Kier alpha value is -0.790. The quantitative estimate of drug-likeness (QED) is 0.677. The van der Waals surface area contributed by atoms with Crippen molar-refractivity contribution in [3.05, 3.63) is 11.8 Å². The molecule has 0 N–H and O–H groups in total. The maximum atomic E-state index is 11.4. The van der Waals surface area contributed by atoms with Gasteiger partial charge in [-0.15, -0.1) is 0 Å². The summed E-state index contributed by atoms with van der Waals surface area (Å²) in [5, 5.41) is 0. The summed E-state index contributed by atoms with van der Waals surface area (Å²) in [5.74, 6) is 1.36. The van der Waals surface area contributed by atoms with Crippen LogP contribution in [0.3, 0.4) is 0 Å². The minimum Gasteiger partial charge on any atom is -0.431 e. The molecule has 1 heterocycles. The average molecular weight is 224 g/mol. The number of allylic oxidation sites excluding steroid dienone is 1. The molecule has 0 spiro atoms. The van der Waals surface area contributed by atoms with Crippen LogP contribution in [-0.4, -0.2) is 5.97 Å². The second kappa shape index (κ2) is 5.03. The average Bonchev–Trinajstić information content (AvgIpc) is 2.38. The zero-order valence-electron chi connectivity index (χ0n) is 11.2. The Morgan fingerprint density at radius 3 is 2.50 bits per heavy atom. The molecule has 2 heteroatoms. The molecule has 16 heavy (non-hydrogen) atoms. The number of hydrogen-bond acceptors (Lipinski definition) is 2. The van der Waals surface area contributed by atoms with Gasteiger partial charge >= 0.3 is 5.97 Å². The van der Waals surface area contributed by atoms with Crippen molar-refractivity contribution in [3.8, 4) is 0 Å². The first-order chi connectivity index (χ1) is 7.28. The van der Waals surface area contributed by atoms with Crippen LogP contribution in [0.25, 0.3) is 0 Å². The number of carbonyl (C=O) groups is 1. The number of cyclic esters (lactones) is 1. The lowest BCUT2D eigenvalue weighted by molar-refractivity contribution is -0.140. The van der Waals surface area contributed by atoms with Crippen LogP contribution in [0.1, 0.15) is 53.9 Å². The van der Waals surface area contributed by atoms with Gasteiger partial charge in [-0.05, 0) is 43.6 Å². The molecule has 0 saturated heterocycles. The Morgan fingerprint density at radius 2 is 2.06 bits per heavy atom. The second-order valence-electron chi connectivity index (χ2n) is 6.25. The van der Waals surface area contributed by atoms with Crippen LogP contribution < -0.4 is 0 Å². The fourth-order valence-electron chi connectivity index (χ4n) is 2.43. The molecule has 0 aromatic heterocycles. The predicted octanol–water partition coefficient (Wildman–Crippen LogP) is 3.92. The molecule has 0 bridgehead atoms. The topological polar surface area (TPSA) is 26.3 Å². The third-order valence-electron chi connectivity index (χ3n) is 2.93. The monoisotopic (exact) mass is 224 g/mol. The summed E-state index contributed by atoms with van der Waals surface area (Å²) in [6.45, 7) is 10.9. The number of carbonyl (C=O) groups excluding carboxylic acids is 1. The van der Waals surface area contributed by atoms with Gasteiger partial charge in [0.15, 0.2) is 0 Å². The SMILES string of the molecule is CC1=CC(CCC(C)CC(C)(C)C)C(=O)O1. The minimum absolute atomic E-state index is 0.00224. The third-order valence-corrected chi connectivity index (χ3v) is 2.93. The molecule has 0 amide bonds. The van der Waals surface area contributed by atoms with Crippen LogP contribution in [-0.2, 0) is 9.53 Å². The van der Waals surface area contributed by atoms with Crippen LogP contribution in [0.2, 0.25) is 0 Å². The van der Waals surface area contributed by atoms with Gasteiger partial charge < -0.3 is 4.74 Å². The zero-order chi connectivity index (χ0) is 12.3. The third kappa shape index (κ3) is 4.38. The van der Waals surface area contributed by atoms with Crippen LogP contribution in [0.15, 0.2) is 11.8 Å². The summed E-state index contributed by atoms with van der Waals surface area (Å²) in [6, 6.07) is 0. The molecular formula is C14H24O2. The molecule has 1 aliphatic heterocycles. The molecule has 92 valence electrons.